The second kappa shape index (κ2) is 6.50. The van der Waals surface area contributed by atoms with E-state index in [4.69, 9.17) is 5.26 Å². The van der Waals surface area contributed by atoms with Crippen molar-refractivity contribution in [3.63, 3.8) is 0 Å². The molecule has 6 heteroatoms. The predicted molar refractivity (Wildman–Crippen MR) is 70.3 cm³/mol. The van der Waals surface area contributed by atoms with E-state index in [-0.39, 0.29) is 5.75 Å². The van der Waals surface area contributed by atoms with Gasteiger partial charge in [-0.25, -0.2) is 12.7 Å². The van der Waals surface area contributed by atoms with Crippen LogP contribution in [0.2, 0.25) is 0 Å². The Kier molecular flexibility index (Phi) is 5.28. The highest BCUT2D eigenvalue weighted by Crippen LogP contribution is 2.03. The lowest BCUT2D eigenvalue weighted by Gasteiger charge is -2.11. The summed E-state index contributed by atoms with van der Waals surface area (Å²) in [4.78, 5) is 0. The number of nitrogens with one attached hydrogen (secondary N) is 1. The Labute approximate surface area is 108 Å². The Bertz CT molecular complexity index is 532. The monoisotopic (exact) mass is 267 g/mol. The van der Waals surface area contributed by atoms with Crippen LogP contribution in [0.3, 0.4) is 0 Å². The van der Waals surface area contributed by atoms with Crippen molar-refractivity contribution >= 4 is 10.0 Å². The van der Waals surface area contributed by atoms with Gasteiger partial charge in [0, 0.05) is 27.2 Å². The van der Waals surface area contributed by atoms with Gasteiger partial charge in [0.25, 0.3) is 0 Å². The summed E-state index contributed by atoms with van der Waals surface area (Å²) in [5.74, 6) is 0.0674. The van der Waals surface area contributed by atoms with Gasteiger partial charge in [0.05, 0.1) is 17.4 Å². The van der Waals surface area contributed by atoms with E-state index < -0.39 is 10.0 Å². The van der Waals surface area contributed by atoms with Gasteiger partial charge in [-0.3, -0.25) is 0 Å². The van der Waals surface area contributed by atoms with Gasteiger partial charge in [-0.2, -0.15) is 5.26 Å². The van der Waals surface area contributed by atoms with E-state index in [2.05, 4.69) is 11.4 Å². The zero-order valence-corrected chi connectivity index (χ0v) is 11.4. The summed E-state index contributed by atoms with van der Waals surface area (Å²) in [6, 6.07) is 9.30. The van der Waals surface area contributed by atoms with Gasteiger partial charge in [0.15, 0.2) is 0 Å². The van der Waals surface area contributed by atoms with E-state index >= 15 is 0 Å². The molecule has 0 atom stereocenters. The lowest BCUT2D eigenvalue weighted by Crippen LogP contribution is -2.31. The fraction of sp³-hybridized carbons (Fsp3) is 0.417. The van der Waals surface area contributed by atoms with E-state index in [1.807, 2.05) is 12.1 Å². The molecule has 0 bridgehead atoms. The summed E-state index contributed by atoms with van der Waals surface area (Å²) in [6.07, 6.45) is 0. The molecule has 0 amide bonds. The highest BCUT2D eigenvalue weighted by atomic mass is 32.2. The molecule has 18 heavy (non-hydrogen) atoms. The third-order valence-electron chi connectivity index (χ3n) is 2.48. The number of nitrogens with zero attached hydrogens (tertiary/aromatic N) is 2. The second-order valence-electron chi connectivity index (χ2n) is 4.09. The van der Waals surface area contributed by atoms with E-state index in [1.165, 1.54) is 18.4 Å². The smallest absolute Gasteiger partial charge is 0.214 e. The highest BCUT2D eigenvalue weighted by Gasteiger charge is 2.12. The molecule has 0 radical (unpaired) electrons. The average Bonchev–Trinajstić information content (AvgIpc) is 2.35. The molecule has 0 saturated heterocycles. The van der Waals surface area contributed by atoms with Crippen LogP contribution in [-0.4, -0.2) is 39.1 Å². The minimum Gasteiger partial charge on any atom is -0.312 e. The molecule has 98 valence electrons. The van der Waals surface area contributed by atoms with Gasteiger partial charge < -0.3 is 5.32 Å². The van der Waals surface area contributed by atoms with Crippen molar-refractivity contribution in [2.75, 3.05) is 26.4 Å². The van der Waals surface area contributed by atoms with Gasteiger partial charge >= 0.3 is 0 Å². The van der Waals surface area contributed by atoms with Crippen molar-refractivity contribution < 1.29 is 8.42 Å². The molecule has 0 saturated carbocycles. The molecule has 1 aromatic carbocycles. The van der Waals surface area contributed by atoms with Gasteiger partial charge in [-0.15, -0.1) is 0 Å². The van der Waals surface area contributed by atoms with Gasteiger partial charge in [0.2, 0.25) is 10.0 Å². The summed E-state index contributed by atoms with van der Waals surface area (Å²) in [6.45, 7) is 0.940. The Morgan fingerprint density at radius 3 is 2.72 bits per heavy atom. The van der Waals surface area contributed by atoms with E-state index in [9.17, 15) is 8.42 Å². The first kappa shape index (κ1) is 14.6. The fourth-order valence-corrected chi connectivity index (χ4v) is 2.13. The van der Waals surface area contributed by atoms with Crippen LogP contribution in [0.4, 0.5) is 0 Å². The molecular formula is C12H17N3O2S. The fourth-order valence-electron chi connectivity index (χ4n) is 1.37. The first-order valence-electron chi connectivity index (χ1n) is 5.55. The largest absolute Gasteiger partial charge is 0.312 e. The van der Waals surface area contributed by atoms with Crippen LogP contribution in [0, 0.1) is 11.3 Å². The van der Waals surface area contributed by atoms with Crippen molar-refractivity contribution in [1.29, 1.82) is 5.26 Å². The van der Waals surface area contributed by atoms with Crippen molar-refractivity contribution in [3.05, 3.63) is 35.4 Å². The molecular weight excluding hydrogens is 250 g/mol. The summed E-state index contributed by atoms with van der Waals surface area (Å²) in [7, 11) is -0.108. The van der Waals surface area contributed by atoms with Crippen molar-refractivity contribution in [2.24, 2.45) is 0 Å². The summed E-state index contributed by atoms with van der Waals surface area (Å²) < 4.78 is 24.2. The highest BCUT2D eigenvalue weighted by molar-refractivity contribution is 7.89. The minimum atomic E-state index is -3.15. The van der Waals surface area contributed by atoms with Gasteiger partial charge in [-0.05, 0) is 17.7 Å². The molecule has 0 heterocycles. The maximum atomic E-state index is 11.5. The van der Waals surface area contributed by atoms with Crippen molar-refractivity contribution in [1.82, 2.24) is 9.62 Å². The average molecular weight is 267 g/mol. The Morgan fingerprint density at radius 2 is 2.11 bits per heavy atom. The van der Waals surface area contributed by atoms with Crippen LogP contribution in [0.1, 0.15) is 11.1 Å². The molecule has 0 aromatic heterocycles. The third kappa shape index (κ3) is 4.45. The maximum absolute atomic E-state index is 11.5. The van der Waals surface area contributed by atoms with E-state index in [0.717, 1.165) is 5.56 Å². The molecule has 1 aromatic rings. The third-order valence-corrected chi connectivity index (χ3v) is 4.31. The number of nitriles is 1. The number of benzene rings is 1. The standard InChI is InChI=1S/C12H17N3O2S/c1-15(2)18(16,17)7-6-14-10-12-5-3-4-11(8-12)9-13/h3-5,8,14H,6-7,10H2,1-2H3. The first-order valence-corrected chi connectivity index (χ1v) is 7.16. The quantitative estimate of drug-likeness (QED) is 0.763. The summed E-state index contributed by atoms with van der Waals surface area (Å²) in [5.41, 5.74) is 1.58. The zero-order chi connectivity index (χ0) is 13.6. The molecule has 0 fully saturated rings. The van der Waals surface area contributed by atoms with E-state index in [1.54, 1.807) is 12.1 Å². The number of hydrogen-bond acceptors (Lipinski definition) is 4. The molecule has 0 unspecified atom stereocenters. The Morgan fingerprint density at radius 1 is 1.39 bits per heavy atom. The van der Waals surface area contributed by atoms with Gasteiger partial charge in [0.1, 0.15) is 0 Å². The Hall–Kier alpha value is -1.42. The van der Waals surface area contributed by atoms with Crippen LogP contribution in [0.15, 0.2) is 24.3 Å². The summed E-state index contributed by atoms with van der Waals surface area (Å²) in [5, 5.41) is 11.8. The Balaban J connectivity index is 2.41. The maximum Gasteiger partial charge on any atom is 0.214 e. The molecule has 0 aliphatic carbocycles. The summed E-state index contributed by atoms with van der Waals surface area (Å²) >= 11 is 0. The number of sulfonamides is 1. The SMILES string of the molecule is CN(C)S(=O)(=O)CCNCc1cccc(C#N)c1. The lowest BCUT2D eigenvalue weighted by atomic mass is 10.1. The minimum absolute atomic E-state index is 0.0674. The van der Waals surface area contributed by atoms with Crippen LogP contribution < -0.4 is 5.32 Å². The van der Waals surface area contributed by atoms with Gasteiger partial charge in [-0.1, -0.05) is 12.1 Å². The predicted octanol–water partition coefficient (Wildman–Crippen LogP) is 0.539. The lowest BCUT2D eigenvalue weighted by molar-refractivity contribution is 0.517. The molecule has 1 rings (SSSR count). The number of rotatable bonds is 6. The van der Waals surface area contributed by atoms with Crippen LogP contribution in [0.25, 0.3) is 0 Å². The van der Waals surface area contributed by atoms with Crippen LogP contribution in [0.5, 0.6) is 0 Å². The van der Waals surface area contributed by atoms with Crippen LogP contribution in [-0.2, 0) is 16.6 Å². The molecule has 0 spiro atoms. The van der Waals surface area contributed by atoms with E-state index in [0.29, 0.717) is 18.7 Å². The molecule has 0 aliphatic heterocycles. The second-order valence-corrected chi connectivity index (χ2v) is 6.39. The van der Waals surface area contributed by atoms with Crippen molar-refractivity contribution in [2.45, 2.75) is 6.54 Å². The van der Waals surface area contributed by atoms with Crippen LogP contribution >= 0.6 is 0 Å². The normalized spacial score (nSPS) is 11.4. The van der Waals surface area contributed by atoms with Crippen molar-refractivity contribution in [3.8, 4) is 6.07 Å². The first-order chi connectivity index (χ1) is 8.45. The molecule has 1 N–H and O–H groups in total. The topological polar surface area (TPSA) is 73.2 Å². The zero-order valence-electron chi connectivity index (χ0n) is 10.5. The molecule has 5 nitrogen and oxygen atoms in total. The molecule has 0 aliphatic rings. The number of hydrogen-bond donors (Lipinski definition) is 1.